The normalized spacial score (nSPS) is 15.3. The van der Waals surface area contributed by atoms with Crippen LogP contribution in [0.1, 0.15) is 0 Å². The average molecular weight is 204 g/mol. The first-order chi connectivity index (χ1) is 7.18. The summed E-state index contributed by atoms with van der Waals surface area (Å²) >= 11 is 0. The quantitative estimate of drug-likeness (QED) is 0.762. The lowest BCUT2D eigenvalue weighted by Gasteiger charge is -2.11. The van der Waals surface area contributed by atoms with E-state index in [2.05, 4.69) is 5.10 Å². The zero-order valence-electron chi connectivity index (χ0n) is 7.75. The minimum atomic E-state index is -1.28. The average Bonchev–Trinajstić information content (AvgIpc) is 2.62. The van der Waals surface area contributed by atoms with Crippen LogP contribution in [0, 0.1) is 0 Å². The van der Waals surface area contributed by atoms with Gasteiger partial charge in [0.15, 0.2) is 0 Å². The van der Waals surface area contributed by atoms with Crippen LogP contribution in [0.2, 0.25) is 0 Å². The molecule has 0 amide bonds. The molecular weight excluding hydrogens is 196 g/mol. The number of carboxylic acid groups (broad SMARTS) is 1. The number of aliphatic carboxylic acids is 1. The van der Waals surface area contributed by atoms with Gasteiger partial charge in [-0.05, 0) is 12.1 Å². The van der Waals surface area contributed by atoms with Gasteiger partial charge in [0.1, 0.15) is 6.54 Å². The lowest BCUT2D eigenvalue weighted by molar-refractivity contribution is -0.130. The van der Waals surface area contributed by atoms with Crippen molar-refractivity contribution in [1.82, 2.24) is 0 Å². The smallest absolute Gasteiger partial charge is 0.360 e. The van der Waals surface area contributed by atoms with Gasteiger partial charge in [-0.3, -0.25) is 9.80 Å². The number of rotatable bonds is 2. The highest BCUT2D eigenvalue weighted by Crippen LogP contribution is 2.16. The molecule has 0 radical (unpaired) electrons. The Morgan fingerprint density at radius 3 is 2.53 bits per heavy atom. The number of Topliss-reactive ketones (excluding diaryl/α,β-unsaturated/α-hetero) is 1. The third kappa shape index (κ3) is 1.71. The van der Waals surface area contributed by atoms with Crippen molar-refractivity contribution in [2.45, 2.75) is 0 Å². The van der Waals surface area contributed by atoms with Crippen LogP contribution in [0.15, 0.2) is 35.4 Å². The van der Waals surface area contributed by atoms with Gasteiger partial charge >= 0.3 is 5.97 Å². The van der Waals surface area contributed by atoms with Crippen molar-refractivity contribution in [2.24, 2.45) is 5.10 Å². The van der Waals surface area contributed by atoms with Crippen LogP contribution in [0.4, 0.5) is 5.69 Å². The maximum Gasteiger partial charge on any atom is 0.360 e. The number of ketones is 1. The fourth-order valence-electron chi connectivity index (χ4n) is 1.33. The van der Waals surface area contributed by atoms with E-state index in [0.717, 1.165) is 0 Å². The Bertz CT molecular complexity index is 439. The number of anilines is 1. The van der Waals surface area contributed by atoms with Crippen LogP contribution in [-0.2, 0) is 9.59 Å². The summed E-state index contributed by atoms with van der Waals surface area (Å²) in [6.07, 6.45) is 0. The molecule has 0 saturated heterocycles. The third-order valence-electron chi connectivity index (χ3n) is 2.04. The Kier molecular flexibility index (Phi) is 2.21. The molecule has 0 saturated carbocycles. The Morgan fingerprint density at radius 2 is 2.00 bits per heavy atom. The number of para-hydroxylation sites is 1. The highest BCUT2D eigenvalue weighted by atomic mass is 16.4. The van der Waals surface area contributed by atoms with E-state index in [0.29, 0.717) is 5.69 Å². The van der Waals surface area contributed by atoms with E-state index in [-0.39, 0.29) is 6.54 Å². The number of carbonyl (C=O) groups is 2. The predicted octanol–water partition coefficient (Wildman–Crippen LogP) is 0.516. The van der Waals surface area contributed by atoms with E-state index in [4.69, 9.17) is 5.11 Å². The summed E-state index contributed by atoms with van der Waals surface area (Å²) < 4.78 is 0. The lowest BCUT2D eigenvalue weighted by atomic mass is 10.2. The molecule has 5 nitrogen and oxygen atoms in total. The second-order valence-electron chi connectivity index (χ2n) is 3.07. The molecule has 0 atom stereocenters. The van der Waals surface area contributed by atoms with Crippen LogP contribution in [0.25, 0.3) is 0 Å². The maximum absolute atomic E-state index is 11.2. The molecule has 76 valence electrons. The molecular formula is C10H8N2O3. The van der Waals surface area contributed by atoms with Crippen LogP contribution in [0.5, 0.6) is 0 Å². The van der Waals surface area contributed by atoms with Crippen molar-refractivity contribution in [3.05, 3.63) is 30.3 Å². The summed E-state index contributed by atoms with van der Waals surface area (Å²) in [5.74, 6) is -1.75. The Labute approximate surface area is 85.6 Å². The van der Waals surface area contributed by atoms with Gasteiger partial charge in [-0.1, -0.05) is 18.2 Å². The van der Waals surface area contributed by atoms with Gasteiger partial charge in [0.2, 0.25) is 11.5 Å². The molecule has 0 unspecified atom stereocenters. The Balaban J connectivity index is 2.29. The first-order valence-corrected chi connectivity index (χ1v) is 4.36. The molecule has 0 bridgehead atoms. The van der Waals surface area contributed by atoms with E-state index in [1.54, 1.807) is 24.3 Å². The molecule has 5 heteroatoms. The largest absolute Gasteiger partial charge is 0.476 e. The van der Waals surface area contributed by atoms with E-state index in [1.807, 2.05) is 6.07 Å². The van der Waals surface area contributed by atoms with Gasteiger partial charge in [0.05, 0.1) is 5.69 Å². The van der Waals surface area contributed by atoms with Crippen LogP contribution < -0.4 is 5.01 Å². The summed E-state index contributed by atoms with van der Waals surface area (Å²) in [4.78, 5) is 21.9. The highest BCUT2D eigenvalue weighted by Gasteiger charge is 2.29. The number of hydrogen-bond donors (Lipinski definition) is 1. The van der Waals surface area contributed by atoms with Gasteiger partial charge < -0.3 is 5.11 Å². The summed E-state index contributed by atoms with van der Waals surface area (Å²) in [7, 11) is 0. The number of hydrogen-bond acceptors (Lipinski definition) is 4. The number of carbonyl (C=O) groups excluding carboxylic acids is 1. The molecule has 0 fully saturated rings. The van der Waals surface area contributed by atoms with Gasteiger partial charge in [-0.25, -0.2) is 4.79 Å². The molecule has 1 aromatic rings. The minimum absolute atomic E-state index is 0.00829. The van der Waals surface area contributed by atoms with Gasteiger partial charge in [-0.2, -0.15) is 5.10 Å². The van der Waals surface area contributed by atoms with Crippen molar-refractivity contribution in [3.63, 3.8) is 0 Å². The summed E-state index contributed by atoms with van der Waals surface area (Å²) in [5.41, 5.74) is 0.306. The number of nitrogens with zero attached hydrogens (tertiary/aromatic N) is 2. The highest BCUT2D eigenvalue weighted by molar-refractivity contribution is 6.65. The lowest BCUT2D eigenvalue weighted by Crippen LogP contribution is -2.22. The number of hydrazone groups is 1. The van der Waals surface area contributed by atoms with Crippen molar-refractivity contribution in [2.75, 3.05) is 11.6 Å². The molecule has 1 N–H and O–H groups in total. The van der Waals surface area contributed by atoms with Crippen LogP contribution >= 0.6 is 0 Å². The fourth-order valence-corrected chi connectivity index (χ4v) is 1.33. The summed E-state index contributed by atoms with van der Waals surface area (Å²) in [5, 5.41) is 13.8. The standard InChI is InChI=1S/C10H8N2O3/c13-8-6-12(11-9(8)10(14)15)7-4-2-1-3-5-7/h1-5H,6H2,(H,14,15). The van der Waals surface area contributed by atoms with Crippen LogP contribution in [-0.4, -0.2) is 29.1 Å². The van der Waals surface area contributed by atoms with Crippen LogP contribution in [0.3, 0.4) is 0 Å². The first-order valence-electron chi connectivity index (χ1n) is 4.36. The monoisotopic (exact) mass is 204 g/mol. The first kappa shape index (κ1) is 9.39. The molecule has 0 aromatic heterocycles. The number of carboxylic acids is 1. The van der Waals surface area contributed by atoms with E-state index >= 15 is 0 Å². The molecule has 0 spiro atoms. The van der Waals surface area contributed by atoms with Gasteiger partial charge in [0.25, 0.3) is 0 Å². The van der Waals surface area contributed by atoms with E-state index < -0.39 is 17.5 Å². The second-order valence-corrected chi connectivity index (χ2v) is 3.07. The van der Waals surface area contributed by atoms with E-state index in [1.165, 1.54) is 5.01 Å². The topological polar surface area (TPSA) is 70.0 Å². The summed E-state index contributed by atoms with van der Waals surface area (Å²) in [6, 6.07) is 8.97. The van der Waals surface area contributed by atoms with Gasteiger partial charge in [-0.15, -0.1) is 0 Å². The fraction of sp³-hybridized carbons (Fsp3) is 0.100. The van der Waals surface area contributed by atoms with Crippen molar-refractivity contribution in [1.29, 1.82) is 0 Å². The Morgan fingerprint density at radius 1 is 1.33 bits per heavy atom. The van der Waals surface area contributed by atoms with Crippen molar-refractivity contribution < 1.29 is 14.7 Å². The van der Waals surface area contributed by atoms with Crippen molar-refractivity contribution in [3.8, 4) is 0 Å². The van der Waals surface area contributed by atoms with Gasteiger partial charge in [0, 0.05) is 0 Å². The second kappa shape index (κ2) is 3.53. The molecule has 1 aliphatic heterocycles. The predicted molar refractivity (Wildman–Crippen MR) is 53.9 cm³/mol. The Hall–Kier alpha value is -2.17. The third-order valence-corrected chi connectivity index (χ3v) is 2.04. The molecule has 0 aliphatic carbocycles. The molecule has 15 heavy (non-hydrogen) atoms. The SMILES string of the molecule is O=C(O)C1=NN(c2ccccc2)CC1=O. The van der Waals surface area contributed by atoms with Crippen molar-refractivity contribution >= 4 is 23.2 Å². The molecule has 2 rings (SSSR count). The van der Waals surface area contributed by atoms with E-state index in [9.17, 15) is 9.59 Å². The number of benzene rings is 1. The molecule has 1 heterocycles. The molecule has 1 aliphatic rings. The zero-order valence-corrected chi connectivity index (χ0v) is 7.75. The summed E-state index contributed by atoms with van der Waals surface area (Å²) in [6.45, 7) is -0.00829. The minimum Gasteiger partial charge on any atom is -0.476 e. The maximum atomic E-state index is 11.2. The zero-order chi connectivity index (χ0) is 10.8. The molecule has 1 aromatic carbocycles.